The van der Waals surface area contributed by atoms with Crippen LogP contribution in [0.5, 0.6) is 0 Å². The highest BCUT2D eigenvalue weighted by Crippen LogP contribution is 2.38. The van der Waals surface area contributed by atoms with E-state index in [4.69, 9.17) is 9.47 Å². The predicted molar refractivity (Wildman–Crippen MR) is 151 cm³/mol. The summed E-state index contributed by atoms with van der Waals surface area (Å²) in [5.41, 5.74) is 2.04. The molecule has 0 fully saturated rings. The summed E-state index contributed by atoms with van der Waals surface area (Å²) < 4.78 is 38.6. The number of para-hydroxylation sites is 1. The number of thiazole rings is 1. The van der Waals surface area contributed by atoms with Crippen molar-refractivity contribution in [1.29, 1.82) is 0 Å². The van der Waals surface area contributed by atoms with Gasteiger partial charge in [-0.3, -0.25) is 9.59 Å². The van der Waals surface area contributed by atoms with Crippen molar-refractivity contribution in [3.63, 3.8) is 0 Å². The van der Waals surface area contributed by atoms with Gasteiger partial charge in [-0.2, -0.15) is 4.99 Å². The Bertz CT molecular complexity index is 1550. The monoisotopic (exact) mass is 593 g/mol. The second kappa shape index (κ2) is 13.0. The molecule has 210 valence electrons. The van der Waals surface area contributed by atoms with Gasteiger partial charge in [-0.15, -0.1) is 11.3 Å². The van der Waals surface area contributed by atoms with Gasteiger partial charge in [-0.1, -0.05) is 29.9 Å². The van der Waals surface area contributed by atoms with Crippen LogP contribution in [0.1, 0.15) is 47.0 Å². The number of fused-ring (bicyclic) bond motifs is 2. The minimum absolute atomic E-state index is 0.183. The number of esters is 1. The van der Waals surface area contributed by atoms with Gasteiger partial charge in [0.1, 0.15) is 16.5 Å². The molecule has 0 unspecified atom stereocenters. The number of hydrogen-bond acceptors (Lipinski definition) is 9. The van der Waals surface area contributed by atoms with Gasteiger partial charge >= 0.3 is 5.97 Å². The van der Waals surface area contributed by atoms with Gasteiger partial charge in [0, 0.05) is 18.5 Å². The number of amides is 2. The maximum absolute atomic E-state index is 12.8. The molecule has 0 spiro atoms. The Kier molecular flexibility index (Phi) is 9.70. The van der Waals surface area contributed by atoms with E-state index in [1.165, 1.54) is 22.7 Å². The van der Waals surface area contributed by atoms with E-state index in [0.29, 0.717) is 34.9 Å². The Hall–Kier alpha value is -2.87. The number of aryl methyl sites for hydroxylation is 1. The Balaban J connectivity index is 1.50. The van der Waals surface area contributed by atoms with Crippen LogP contribution < -0.4 is 10.1 Å². The standard InChI is InChI=1S/C26H31N3O7S3/c1-3-36-25(32)23-17-9-5-4-6-11-19(17)37-24(23)27-21(30)15-39(33,34)16-22(31)28-26-29(13-14-35-2)18-10-7-8-12-20(18)38-26/h7-8,10,12H,3-6,9,11,13-16H2,1-2H3,(H,27,30). The molecule has 3 aromatic rings. The fraction of sp³-hybridized carbons (Fsp3) is 0.462. The quantitative estimate of drug-likeness (QED) is 0.282. The third-order valence-electron chi connectivity index (χ3n) is 6.18. The molecule has 10 nitrogen and oxygen atoms in total. The molecule has 2 aromatic heterocycles. The van der Waals surface area contributed by atoms with Crippen LogP contribution in [0.4, 0.5) is 5.00 Å². The molecule has 1 aliphatic carbocycles. The highest BCUT2D eigenvalue weighted by atomic mass is 32.2. The maximum atomic E-state index is 12.8. The Morgan fingerprint density at radius 1 is 1.08 bits per heavy atom. The van der Waals surface area contributed by atoms with Crippen molar-refractivity contribution in [3.05, 3.63) is 45.1 Å². The summed E-state index contributed by atoms with van der Waals surface area (Å²) in [5, 5.41) is 2.89. The fourth-order valence-electron chi connectivity index (χ4n) is 4.50. The van der Waals surface area contributed by atoms with Crippen molar-refractivity contribution in [3.8, 4) is 0 Å². The molecule has 0 aliphatic heterocycles. The van der Waals surface area contributed by atoms with E-state index in [1.54, 1.807) is 18.6 Å². The number of hydrogen-bond donors (Lipinski definition) is 1. The number of carbonyl (C=O) groups excluding carboxylic acids is 3. The van der Waals surface area contributed by atoms with E-state index in [0.717, 1.165) is 46.3 Å². The number of ether oxygens (including phenoxy) is 2. The van der Waals surface area contributed by atoms with E-state index >= 15 is 0 Å². The van der Waals surface area contributed by atoms with Gasteiger partial charge in [0.2, 0.25) is 5.91 Å². The van der Waals surface area contributed by atoms with Crippen LogP contribution in [0.2, 0.25) is 0 Å². The SMILES string of the molecule is CCOC(=O)c1c(NC(=O)CS(=O)(=O)CC(=O)N=c2sc3ccccc3n2CCOC)sc2c1CCCCC2. The molecule has 1 N–H and O–H groups in total. The molecule has 39 heavy (non-hydrogen) atoms. The number of benzene rings is 1. The summed E-state index contributed by atoms with van der Waals surface area (Å²) in [6.45, 7) is 2.71. The van der Waals surface area contributed by atoms with Gasteiger partial charge in [-0.25, -0.2) is 13.2 Å². The van der Waals surface area contributed by atoms with Gasteiger partial charge in [0.25, 0.3) is 5.91 Å². The van der Waals surface area contributed by atoms with Gasteiger partial charge in [0.05, 0.1) is 29.0 Å². The zero-order valence-corrected chi connectivity index (χ0v) is 24.3. The van der Waals surface area contributed by atoms with Crippen LogP contribution in [0.25, 0.3) is 10.2 Å². The molecule has 1 aliphatic rings. The summed E-state index contributed by atoms with van der Waals surface area (Å²) in [6.07, 6.45) is 4.45. The molecule has 0 atom stereocenters. The number of sulfone groups is 1. The smallest absolute Gasteiger partial charge is 0.341 e. The van der Waals surface area contributed by atoms with E-state index in [-0.39, 0.29) is 6.61 Å². The molecule has 13 heteroatoms. The van der Waals surface area contributed by atoms with Crippen LogP contribution >= 0.6 is 22.7 Å². The lowest BCUT2D eigenvalue weighted by Gasteiger charge is -2.08. The van der Waals surface area contributed by atoms with Crippen LogP contribution in [0.15, 0.2) is 29.3 Å². The normalized spacial score (nSPS) is 14.2. The first-order valence-electron chi connectivity index (χ1n) is 12.7. The molecular formula is C26H31N3O7S3. The van der Waals surface area contributed by atoms with Crippen molar-refractivity contribution in [1.82, 2.24) is 4.57 Å². The van der Waals surface area contributed by atoms with Crippen molar-refractivity contribution in [2.45, 2.75) is 45.6 Å². The maximum Gasteiger partial charge on any atom is 0.341 e. The largest absolute Gasteiger partial charge is 0.462 e. The average molecular weight is 594 g/mol. The highest BCUT2D eigenvalue weighted by molar-refractivity contribution is 7.92. The molecule has 4 rings (SSSR count). The van der Waals surface area contributed by atoms with Crippen molar-refractivity contribution in [2.24, 2.45) is 4.99 Å². The predicted octanol–water partition coefficient (Wildman–Crippen LogP) is 3.34. The lowest BCUT2D eigenvalue weighted by Crippen LogP contribution is -2.28. The third kappa shape index (κ3) is 7.21. The van der Waals surface area contributed by atoms with Crippen LogP contribution in [0.3, 0.4) is 0 Å². The lowest BCUT2D eigenvalue weighted by atomic mass is 10.1. The zero-order valence-electron chi connectivity index (χ0n) is 21.9. The third-order valence-corrected chi connectivity index (χ3v) is 9.83. The van der Waals surface area contributed by atoms with Crippen LogP contribution in [0, 0.1) is 0 Å². The topological polar surface area (TPSA) is 133 Å². The summed E-state index contributed by atoms with van der Waals surface area (Å²) in [7, 11) is -2.56. The Labute approximate surface area is 234 Å². The molecule has 0 saturated heterocycles. The van der Waals surface area contributed by atoms with E-state index in [9.17, 15) is 22.8 Å². The van der Waals surface area contributed by atoms with Gasteiger partial charge in [0.15, 0.2) is 14.6 Å². The number of carbonyl (C=O) groups is 3. The van der Waals surface area contributed by atoms with Crippen LogP contribution in [-0.2, 0) is 48.3 Å². The summed E-state index contributed by atoms with van der Waals surface area (Å²) >= 11 is 2.56. The molecule has 2 heterocycles. The molecular weight excluding hydrogens is 563 g/mol. The van der Waals surface area contributed by atoms with E-state index in [1.807, 2.05) is 24.3 Å². The number of nitrogens with zero attached hydrogens (tertiary/aromatic N) is 2. The second-order valence-electron chi connectivity index (χ2n) is 9.07. The van der Waals surface area contributed by atoms with E-state index < -0.39 is 39.1 Å². The minimum atomic E-state index is -4.13. The lowest BCUT2D eigenvalue weighted by molar-refractivity contribution is -0.115. The highest BCUT2D eigenvalue weighted by Gasteiger charge is 2.28. The summed E-state index contributed by atoms with van der Waals surface area (Å²) in [4.78, 5) is 43.6. The first-order chi connectivity index (χ1) is 18.7. The molecule has 0 bridgehead atoms. The van der Waals surface area contributed by atoms with E-state index in [2.05, 4.69) is 10.3 Å². The zero-order chi connectivity index (χ0) is 28.0. The first-order valence-corrected chi connectivity index (χ1v) is 16.1. The average Bonchev–Trinajstić information content (AvgIpc) is 3.29. The second-order valence-corrected chi connectivity index (χ2v) is 13.3. The minimum Gasteiger partial charge on any atom is -0.462 e. The number of rotatable bonds is 10. The molecule has 0 saturated carbocycles. The molecule has 2 amide bonds. The number of aromatic nitrogens is 1. The number of nitrogens with one attached hydrogen (secondary N) is 1. The van der Waals surface area contributed by atoms with Gasteiger partial charge < -0.3 is 19.4 Å². The van der Waals surface area contributed by atoms with Gasteiger partial charge in [-0.05, 0) is 50.3 Å². The molecule has 0 radical (unpaired) electrons. The number of thiophene rings is 1. The van der Waals surface area contributed by atoms with Crippen molar-refractivity contribution in [2.75, 3.05) is 37.1 Å². The van der Waals surface area contributed by atoms with Crippen molar-refractivity contribution < 1.29 is 32.3 Å². The number of methoxy groups -OCH3 is 1. The number of anilines is 1. The van der Waals surface area contributed by atoms with Crippen molar-refractivity contribution >= 4 is 65.5 Å². The Morgan fingerprint density at radius 3 is 2.62 bits per heavy atom. The summed E-state index contributed by atoms with van der Waals surface area (Å²) in [6, 6.07) is 7.52. The van der Waals surface area contributed by atoms with Crippen LogP contribution in [-0.4, -0.2) is 62.6 Å². The summed E-state index contributed by atoms with van der Waals surface area (Å²) in [5.74, 6) is -4.04. The first kappa shape index (κ1) is 29.1. The molecule has 1 aromatic carbocycles. The Morgan fingerprint density at radius 2 is 1.85 bits per heavy atom. The fourth-order valence-corrected chi connectivity index (χ4v) is 7.88.